The van der Waals surface area contributed by atoms with Crippen LogP contribution in [0.5, 0.6) is 0 Å². The molecule has 0 bridgehead atoms. The highest BCUT2D eigenvalue weighted by Gasteiger charge is 2.44. The van der Waals surface area contributed by atoms with Gasteiger partial charge in [0.25, 0.3) is 0 Å². The summed E-state index contributed by atoms with van der Waals surface area (Å²) in [6, 6.07) is 14.8. The van der Waals surface area contributed by atoms with Gasteiger partial charge in [-0.1, -0.05) is 29.5 Å². The predicted octanol–water partition coefficient (Wildman–Crippen LogP) is 0.800. The SMILES string of the molecule is CC(=O)Nc1ccc(C(Nc2ncnc3c2ncn3[C@@H]2O[C@H](CO)[C@@H](O)[C@H]2O)n2nnc3ccccc32)cc1. The van der Waals surface area contributed by atoms with Gasteiger partial charge in [0.05, 0.1) is 18.5 Å². The van der Waals surface area contributed by atoms with Crippen LogP contribution < -0.4 is 10.6 Å². The van der Waals surface area contributed by atoms with Gasteiger partial charge in [0.1, 0.15) is 36.3 Å². The van der Waals surface area contributed by atoms with Gasteiger partial charge in [-0.25, -0.2) is 19.6 Å². The molecule has 0 spiro atoms. The van der Waals surface area contributed by atoms with Crippen molar-refractivity contribution in [2.24, 2.45) is 0 Å². The number of ether oxygens (including phenoxy) is 1. The fourth-order valence-corrected chi connectivity index (χ4v) is 4.70. The summed E-state index contributed by atoms with van der Waals surface area (Å²) < 4.78 is 8.88. The summed E-state index contributed by atoms with van der Waals surface area (Å²) in [6.45, 7) is 0.997. The maximum absolute atomic E-state index is 11.5. The highest BCUT2D eigenvalue weighted by molar-refractivity contribution is 5.88. The lowest BCUT2D eigenvalue weighted by atomic mass is 10.1. The van der Waals surface area contributed by atoms with Crippen molar-refractivity contribution in [3.05, 3.63) is 66.7 Å². The van der Waals surface area contributed by atoms with Crippen molar-refractivity contribution in [1.29, 1.82) is 0 Å². The van der Waals surface area contributed by atoms with Crippen LogP contribution in [0.25, 0.3) is 22.2 Å². The number of aliphatic hydroxyl groups excluding tert-OH is 3. The van der Waals surface area contributed by atoms with E-state index in [0.29, 0.717) is 28.2 Å². The molecule has 0 aliphatic carbocycles. The van der Waals surface area contributed by atoms with Crippen LogP contribution in [0.15, 0.2) is 61.2 Å². The molecule has 1 aliphatic rings. The molecule has 6 rings (SSSR count). The second-order valence-corrected chi connectivity index (χ2v) is 9.15. The zero-order valence-corrected chi connectivity index (χ0v) is 20.7. The number of hydrogen-bond donors (Lipinski definition) is 5. The fourth-order valence-electron chi connectivity index (χ4n) is 4.70. The first-order chi connectivity index (χ1) is 18.9. The third kappa shape index (κ3) is 4.44. The van der Waals surface area contributed by atoms with Gasteiger partial charge in [-0.15, -0.1) is 5.10 Å². The second-order valence-electron chi connectivity index (χ2n) is 9.15. The first kappa shape index (κ1) is 24.8. The zero-order valence-electron chi connectivity index (χ0n) is 20.7. The molecular weight excluding hydrogens is 506 g/mol. The van der Waals surface area contributed by atoms with Gasteiger partial charge in [-0.3, -0.25) is 9.36 Å². The minimum absolute atomic E-state index is 0.173. The molecule has 39 heavy (non-hydrogen) atoms. The van der Waals surface area contributed by atoms with E-state index in [1.54, 1.807) is 16.8 Å². The molecule has 5 aromatic rings. The van der Waals surface area contributed by atoms with Gasteiger partial charge < -0.3 is 30.7 Å². The molecule has 14 heteroatoms. The third-order valence-electron chi connectivity index (χ3n) is 6.59. The lowest BCUT2D eigenvalue weighted by Crippen LogP contribution is -2.33. The summed E-state index contributed by atoms with van der Waals surface area (Å²) in [5.41, 5.74) is 3.68. The summed E-state index contributed by atoms with van der Waals surface area (Å²) in [7, 11) is 0. The third-order valence-corrected chi connectivity index (χ3v) is 6.59. The number of nitrogens with one attached hydrogen (secondary N) is 2. The van der Waals surface area contributed by atoms with Crippen LogP contribution in [0.2, 0.25) is 0 Å². The number of imidazole rings is 1. The van der Waals surface area contributed by atoms with E-state index in [4.69, 9.17) is 4.74 Å². The average molecular weight is 532 g/mol. The monoisotopic (exact) mass is 531 g/mol. The maximum Gasteiger partial charge on any atom is 0.221 e. The largest absolute Gasteiger partial charge is 0.394 e. The fraction of sp³-hybridized carbons (Fsp3) is 0.280. The Morgan fingerprint density at radius 1 is 1.08 bits per heavy atom. The molecule has 0 radical (unpaired) electrons. The number of rotatable bonds is 7. The zero-order chi connectivity index (χ0) is 27.1. The number of carbonyl (C=O) groups is 1. The summed E-state index contributed by atoms with van der Waals surface area (Å²) in [4.78, 5) is 24.7. The Hall–Kier alpha value is -4.50. The molecule has 1 aliphatic heterocycles. The number of hydrogen-bond acceptors (Lipinski definition) is 11. The first-order valence-electron chi connectivity index (χ1n) is 12.2. The summed E-state index contributed by atoms with van der Waals surface area (Å²) in [6.07, 6.45) is -2.28. The van der Waals surface area contributed by atoms with Crippen molar-refractivity contribution in [3.8, 4) is 0 Å². The molecule has 1 unspecified atom stereocenters. The Kier molecular flexibility index (Phi) is 6.36. The standard InChI is InChI=1S/C25H25N9O5/c1-13(36)29-15-8-6-14(7-9-15)23(34-17-5-3-2-4-16(17)31-32-34)30-22-19-24(27-11-26-22)33(12-28-19)25-21(38)20(37)18(10-35)39-25/h2-9,11-12,18,20-21,23,25,35,37-38H,10H2,1H3,(H,29,36)(H,26,27,30)/t18-,20-,21-,23?,25-/m1/s1. The highest BCUT2D eigenvalue weighted by Crippen LogP contribution is 2.33. The molecule has 1 fully saturated rings. The van der Waals surface area contributed by atoms with Crippen molar-refractivity contribution >= 4 is 39.6 Å². The molecule has 5 atom stereocenters. The molecule has 2 aromatic carbocycles. The molecule has 200 valence electrons. The topological polar surface area (TPSA) is 185 Å². The number of amides is 1. The first-order valence-corrected chi connectivity index (χ1v) is 12.2. The smallest absolute Gasteiger partial charge is 0.221 e. The van der Waals surface area contributed by atoms with Crippen molar-refractivity contribution < 1.29 is 24.9 Å². The number of fused-ring (bicyclic) bond motifs is 2. The number of anilines is 2. The van der Waals surface area contributed by atoms with Crippen LogP contribution in [0.3, 0.4) is 0 Å². The van der Waals surface area contributed by atoms with Gasteiger partial charge in [0, 0.05) is 12.6 Å². The Balaban J connectivity index is 1.40. The van der Waals surface area contributed by atoms with E-state index in [0.717, 1.165) is 11.1 Å². The molecule has 14 nitrogen and oxygen atoms in total. The summed E-state index contributed by atoms with van der Waals surface area (Å²) in [5.74, 6) is 0.203. The quantitative estimate of drug-likeness (QED) is 0.200. The Morgan fingerprint density at radius 3 is 2.62 bits per heavy atom. The minimum atomic E-state index is -1.29. The predicted molar refractivity (Wildman–Crippen MR) is 138 cm³/mol. The van der Waals surface area contributed by atoms with Crippen molar-refractivity contribution in [1.82, 2.24) is 34.5 Å². The van der Waals surface area contributed by atoms with Crippen LogP contribution >= 0.6 is 0 Å². The molecular formula is C25H25N9O5. The number of carbonyl (C=O) groups excluding carboxylic acids is 1. The molecule has 3 aromatic heterocycles. The van der Waals surface area contributed by atoms with E-state index in [9.17, 15) is 20.1 Å². The van der Waals surface area contributed by atoms with Crippen LogP contribution in [-0.2, 0) is 9.53 Å². The minimum Gasteiger partial charge on any atom is -0.394 e. The van der Waals surface area contributed by atoms with Crippen molar-refractivity contribution in [2.75, 3.05) is 17.2 Å². The number of para-hydroxylation sites is 1. The van der Waals surface area contributed by atoms with E-state index in [1.165, 1.54) is 24.1 Å². The summed E-state index contributed by atoms with van der Waals surface area (Å²) in [5, 5.41) is 45.0. The molecule has 1 amide bonds. The average Bonchev–Trinajstić information content (AvgIpc) is 3.64. The van der Waals surface area contributed by atoms with Gasteiger partial charge in [0.15, 0.2) is 23.2 Å². The second kappa shape index (κ2) is 9.99. The van der Waals surface area contributed by atoms with E-state index >= 15 is 0 Å². The van der Waals surface area contributed by atoms with Gasteiger partial charge >= 0.3 is 0 Å². The van der Waals surface area contributed by atoms with Crippen LogP contribution in [-0.4, -0.2) is 80.7 Å². The Bertz CT molecular complexity index is 1640. The number of nitrogens with zero attached hydrogens (tertiary/aromatic N) is 7. The van der Waals surface area contributed by atoms with E-state index < -0.39 is 37.3 Å². The van der Waals surface area contributed by atoms with Gasteiger partial charge in [0.2, 0.25) is 5.91 Å². The molecule has 0 saturated carbocycles. The lowest BCUT2D eigenvalue weighted by Gasteiger charge is -2.21. The van der Waals surface area contributed by atoms with Crippen LogP contribution in [0.4, 0.5) is 11.5 Å². The normalized spacial score (nSPS) is 21.8. The molecule has 5 N–H and O–H groups in total. The summed E-state index contributed by atoms with van der Waals surface area (Å²) >= 11 is 0. The molecule has 4 heterocycles. The van der Waals surface area contributed by atoms with Crippen molar-refractivity contribution in [2.45, 2.75) is 37.6 Å². The van der Waals surface area contributed by atoms with Crippen molar-refractivity contribution in [3.63, 3.8) is 0 Å². The van der Waals surface area contributed by atoms with E-state index in [2.05, 4.69) is 35.9 Å². The maximum atomic E-state index is 11.5. The Labute approximate surface area is 220 Å². The van der Waals surface area contributed by atoms with Gasteiger partial charge in [-0.05, 0) is 29.8 Å². The number of aliphatic hydroxyl groups is 3. The van der Waals surface area contributed by atoms with E-state index in [1.807, 2.05) is 36.4 Å². The van der Waals surface area contributed by atoms with Crippen LogP contribution in [0, 0.1) is 0 Å². The molecule has 1 saturated heterocycles. The number of benzene rings is 2. The van der Waals surface area contributed by atoms with Gasteiger partial charge in [-0.2, -0.15) is 0 Å². The van der Waals surface area contributed by atoms with E-state index in [-0.39, 0.29) is 5.91 Å². The number of aromatic nitrogens is 7. The Morgan fingerprint density at radius 2 is 1.87 bits per heavy atom. The van der Waals surface area contributed by atoms with Crippen LogP contribution in [0.1, 0.15) is 24.9 Å². The highest BCUT2D eigenvalue weighted by atomic mass is 16.6. The lowest BCUT2D eigenvalue weighted by molar-refractivity contribution is -0.114.